The van der Waals surface area contributed by atoms with Crippen LogP contribution in [0.3, 0.4) is 0 Å². The summed E-state index contributed by atoms with van der Waals surface area (Å²) in [5.74, 6) is 0. The Morgan fingerprint density at radius 1 is 2.00 bits per heavy atom. The molecule has 0 aromatic carbocycles. The fourth-order valence-corrected chi connectivity index (χ4v) is 0.194. The molecular formula is CH2NOPS. The molecule has 0 spiro atoms. The maximum Gasteiger partial charge on any atom is 0.177 e. The lowest BCUT2D eigenvalue weighted by atomic mass is 11.8. The van der Waals surface area contributed by atoms with Crippen LogP contribution in [0.1, 0.15) is 0 Å². The maximum absolute atomic E-state index is 9.32. The van der Waals surface area contributed by atoms with Crippen molar-refractivity contribution in [2.45, 2.75) is 0 Å². The van der Waals surface area contributed by atoms with Gasteiger partial charge in [-0.25, -0.2) is 0 Å². The van der Waals surface area contributed by atoms with Crippen LogP contribution in [0.2, 0.25) is 0 Å². The first-order chi connectivity index (χ1) is 2.41. The highest BCUT2D eigenvalue weighted by molar-refractivity contribution is 7.78. The Hall–Kier alpha value is 0.0300. The highest BCUT2D eigenvalue weighted by Gasteiger charge is 1.41. The molecule has 1 atom stereocenters. The van der Waals surface area contributed by atoms with E-state index in [1.807, 2.05) is 5.16 Å². The second kappa shape index (κ2) is 4.03. The van der Waals surface area contributed by atoms with Gasteiger partial charge in [-0.05, 0) is 12.2 Å². The lowest BCUT2D eigenvalue weighted by molar-refractivity contribution is 0.599. The van der Waals surface area contributed by atoms with Crippen LogP contribution in [0.5, 0.6) is 0 Å². The van der Waals surface area contributed by atoms with Gasteiger partial charge in [-0.2, -0.15) is 4.76 Å². The second-order valence-corrected chi connectivity index (χ2v) is 0.977. The van der Waals surface area contributed by atoms with Crippen molar-refractivity contribution in [2.24, 2.45) is 4.76 Å². The maximum atomic E-state index is 9.32. The van der Waals surface area contributed by atoms with Gasteiger partial charge in [0.15, 0.2) is 8.61 Å². The van der Waals surface area contributed by atoms with Gasteiger partial charge in [0.25, 0.3) is 0 Å². The Morgan fingerprint density at radius 2 is 2.60 bits per heavy atom. The molecule has 0 aromatic rings. The predicted octanol–water partition coefficient (Wildman–Crippen LogP) is 0.760. The van der Waals surface area contributed by atoms with Gasteiger partial charge in [0.2, 0.25) is 0 Å². The number of nitrogens with zero attached hydrogens (tertiary/aromatic N) is 1. The van der Waals surface area contributed by atoms with E-state index in [4.69, 9.17) is 0 Å². The molecule has 0 aromatic heterocycles. The van der Waals surface area contributed by atoms with Crippen LogP contribution >= 0.6 is 20.8 Å². The molecule has 0 saturated carbocycles. The number of rotatable bonds is 1. The zero-order valence-corrected chi connectivity index (χ0v) is 4.31. The number of hydrogen-bond donors (Lipinski definition) is 0. The summed E-state index contributed by atoms with van der Waals surface area (Å²) in [6, 6.07) is 0. The summed E-state index contributed by atoms with van der Waals surface area (Å²) in [6.07, 6.45) is 0. The Labute approximate surface area is 36.2 Å². The van der Waals surface area contributed by atoms with Crippen molar-refractivity contribution in [3.63, 3.8) is 0 Å². The summed E-state index contributed by atoms with van der Waals surface area (Å²) in [5.41, 5.74) is 0. The number of hydrogen-bond acceptors (Lipinski definition) is 2. The molecule has 0 rings (SSSR count). The zero-order valence-electron chi connectivity index (χ0n) is 2.34. The Balaban J connectivity index is 3.31. The summed E-state index contributed by atoms with van der Waals surface area (Å²) >= 11 is 4.06. The molecule has 2 nitrogen and oxygen atoms in total. The van der Waals surface area contributed by atoms with Gasteiger partial charge in [-0.15, -0.1) is 0 Å². The van der Waals surface area contributed by atoms with Crippen molar-refractivity contribution in [1.29, 1.82) is 0 Å². The molecule has 0 amide bonds. The van der Waals surface area contributed by atoms with Crippen LogP contribution < -0.4 is 0 Å². The van der Waals surface area contributed by atoms with Gasteiger partial charge in [-0.1, -0.05) is 0 Å². The molecule has 4 heteroatoms. The average molecular weight is 107 g/mol. The van der Waals surface area contributed by atoms with Crippen molar-refractivity contribution in [3.8, 4) is 0 Å². The van der Waals surface area contributed by atoms with Crippen molar-refractivity contribution >= 4 is 26.0 Å². The van der Waals surface area contributed by atoms with E-state index in [-0.39, 0.29) is 0 Å². The largest absolute Gasteiger partial charge is 0.304 e. The molecule has 1 unspecified atom stereocenters. The Kier molecular flexibility index (Phi) is 4.05. The highest BCUT2D eigenvalue weighted by atomic mass is 32.1. The average Bonchev–Trinajstić information content (AvgIpc) is 1.41. The summed E-state index contributed by atoms with van der Waals surface area (Å²) < 4.78 is 12.4. The number of isothiocyanates is 1. The fourth-order valence-electron chi connectivity index (χ4n) is 0.0215. The topological polar surface area (TPSA) is 29.4 Å². The first-order valence-electron chi connectivity index (χ1n) is 0.922. The van der Waals surface area contributed by atoms with Crippen molar-refractivity contribution in [2.75, 3.05) is 0 Å². The van der Waals surface area contributed by atoms with Crippen LogP contribution in [0.25, 0.3) is 0 Å². The lowest BCUT2D eigenvalue weighted by Gasteiger charge is -1.45. The Bertz CT molecular complexity index is 75.7. The van der Waals surface area contributed by atoms with Crippen LogP contribution in [-0.4, -0.2) is 5.16 Å². The van der Waals surface area contributed by atoms with E-state index >= 15 is 0 Å². The van der Waals surface area contributed by atoms with Gasteiger partial charge >= 0.3 is 0 Å². The van der Waals surface area contributed by atoms with E-state index in [9.17, 15) is 4.57 Å². The van der Waals surface area contributed by atoms with Crippen molar-refractivity contribution in [1.82, 2.24) is 0 Å². The third-order valence-corrected chi connectivity index (χ3v) is 0.632. The van der Waals surface area contributed by atoms with E-state index in [1.54, 1.807) is 0 Å². The minimum absolute atomic E-state index is 1.05. The monoisotopic (exact) mass is 107 g/mol. The molecule has 28 valence electrons. The van der Waals surface area contributed by atoms with Gasteiger partial charge in [0.05, 0.1) is 5.16 Å². The molecule has 0 saturated heterocycles. The first-order valence-corrected chi connectivity index (χ1v) is 2.32. The SMILES string of the molecule is O=[PH2]N=C=S. The molecule has 0 heterocycles. The Morgan fingerprint density at radius 3 is 2.60 bits per heavy atom. The quantitative estimate of drug-likeness (QED) is 0.281. The van der Waals surface area contributed by atoms with Crippen LogP contribution in [0, 0.1) is 0 Å². The summed E-state index contributed by atoms with van der Waals surface area (Å²) in [4.78, 5) is 0. The molecule has 0 aliphatic carbocycles. The highest BCUT2D eigenvalue weighted by Crippen LogP contribution is 1.85. The summed E-state index contributed by atoms with van der Waals surface area (Å²) in [7, 11) is -1.05. The van der Waals surface area contributed by atoms with E-state index in [1.165, 1.54) is 0 Å². The lowest BCUT2D eigenvalue weighted by Crippen LogP contribution is -1.20. The molecule has 0 aliphatic rings. The van der Waals surface area contributed by atoms with E-state index < -0.39 is 8.61 Å². The second-order valence-electron chi connectivity index (χ2n) is 0.326. The predicted molar refractivity (Wildman–Crippen MR) is 25.4 cm³/mol. The van der Waals surface area contributed by atoms with E-state index in [0.29, 0.717) is 0 Å². The van der Waals surface area contributed by atoms with Crippen molar-refractivity contribution < 1.29 is 4.57 Å². The van der Waals surface area contributed by atoms with E-state index in [0.717, 1.165) is 0 Å². The molecule has 0 fully saturated rings. The summed E-state index contributed by atoms with van der Waals surface area (Å²) in [6.45, 7) is 0. The normalized spacial score (nSPS) is 8.00. The van der Waals surface area contributed by atoms with Crippen LogP contribution in [0.4, 0.5) is 0 Å². The molecular weight excluding hydrogens is 105 g/mol. The van der Waals surface area contributed by atoms with Gasteiger partial charge in [0, 0.05) is 0 Å². The molecule has 0 aliphatic heterocycles. The van der Waals surface area contributed by atoms with Crippen LogP contribution in [0.15, 0.2) is 4.76 Å². The van der Waals surface area contributed by atoms with Crippen molar-refractivity contribution in [3.05, 3.63) is 0 Å². The minimum atomic E-state index is -1.05. The van der Waals surface area contributed by atoms with Gasteiger partial charge in [-0.3, -0.25) is 0 Å². The molecule has 0 radical (unpaired) electrons. The molecule has 0 N–H and O–H groups in total. The van der Waals surface area contributed by atoms with Gasteiger partial charge in [0.1, 0.15) is 0 Å². The zero-order chi connectivity index (χ0) is 4.12. The minimum Gasteiger partial charge on any atom is -0.304 e. The van der Waals surface area contributed by atoms with Crippen LogP contribution in [-0.2, 0) is 4.57 Å². The first kappa shape index (κ1) is 5.03. The molecule has 5 heavy (non-hydrogen) atoms. The number of thiocarbonyl (C=S) groups is 1. The fraction of sp³-hybridized carbons (Fsp3) is 0. The van der Waals surface area contributed by atoms with E-state index in [2.05, 4.69) is 17.0 Å². The summed E-state index contributed by atoms with van der Waals surface area (Å²) in [5, 5.41) is 1.95. The molecule has 0 bridgehead atoms. The third-order valence-electron chi connectivity index (χ3n) is 0.105. The standard InChI is InChI=1S/CH2NOPS/c3-4-2-1-5/h4H2. The smallest absolute Gasteiger partial charge is 0.177 e. The third kappa shape index (κ3) is 4.03. The van der Waals surface area contributed by atoms with Gasteiger partial charge < -0.3 is 4.57 Å².